The van der Waals surface area contributed by atoms with Crippen LogP contribution in [0.4, 0.5) is 5.69 Å². The number of H-pyrrole nitrogens is 1. The number of aromatic nitrogens is 1. The normalized spacial score (nSPS) is 10.6. The van der Waals surface area contributed by atoms with Crippen LogP contribution in [0.3, 0.4) is 0 Å². The molecule has 0 saturated heterocycles. The molecule has 3 N–H and O–H groups in total. The summed E-state index contributed by atoms with van der Waals surface area (Å²) < 4.78 is 0. The van der Waals surface area contributed by atoms with Gasteiger partial charge in [0, 0.05) is 28.4 Å². The zero-order chi connectivity index (χ0) is 16.1. The van der Waals surface area contributed by atoms with Crippen LogP contribution in [-0.4, -0.2) is 16.3 Å². The minimum atomic E-state index is 0.407. The van der Waals surface area contributed by atoms with Crippen LogP contribution in [-0.2, 0) is 0 Å². The third-order valence-corrected chi connectivity index (χ3v) is 3.44. The summed E-state index contributed by atoms with van der Waals surface area (Å²) in [6.07, 6.45) is 3.50. The van der Waals surface area contributed by atoms with E-state index >= 15 is 0 Å². The van der Waals surface area contributed by atoms with E-state index in [4.69, 9.17) is 17.5 Å². The number of anilines is 1. The fourth-order valence-corrected chi connectivity index (χ4v) is 2.33. The fraction of sp³-hybridized carbons (Fsp3) is 0. The molecule has 3 rings (SSSR count). The van der Waals surface area contributed by atoms with Crippen LogP contribution in [0.2, 0.25) is 0 Å². The second-order valence-electron chi connectivity index (χ2n) is 4.81. The maximum atomic E-state index is 8.98. The number of fused-ring (bicyclic) bond motifs is 1. The monoisotopic (exact) mass is 319 g/mol. The van der Waals surface area contributed by atoms with E-state index in [9.17, 15) is 0 Å². The lowest BCUT2D eigenvalue weighted by atomic mass is 10.1. The Labute approximate surface area is 138 Å². The molecule has 0 aliphatic rings. The first kappa shape index (κ1) is 14.8. The average molecular weight is 319 g/mol. The van der Waals surface area contributed by atoms with Crippen LogP contribution < -0.4 is 10.7 Å². The van der Waals surface area contributed by atoms with Crippen molar-refractivity contribution in [2.75, 3.05) is 5.32 Å². The van der Waals surface area contributed by atoms with E-state index in [0.717, 1.165) is 22.2 Å². The second-order valence-corrected chi connectivity index (χ2v) is 5.21. The highest BCUT2D eigenvalue weighted by molar-refractivity contribution is 7.80. The summed E-state index contributed by atoms with van der Waals surface area (Å²) in [6, 6.07) is 17.2. The summed E-state index contributed by atoms with van der Waals surface area (Å²) in [5.41, 5.74) is 6.12. The van der Waals surface area contributed by atoms with E-state index in [1.54, 1.807) is 12.3 Å². The number of hydrogen-bond donors (Lipinski definition) is 3. The smallest absolute Gasteiger partial charge is 0.191 e. The van der Waals surface area contributed by atoms with Gasteiger partial charge in [0.1, 0.15) is 0 Å². The summed E-state index contributed by atoms with van der Waals surface area (Å²) in [5.74, 6) is 0. The molecule has 0 aliphatic carbocycles. The number of nitrogens with one attached hydrogen (secondary N) is 3. The SMILES string of the molecule is N#Cc1ccc2[nH]cc(/C=N/NC(=S)Nc3ccccc3)c2c1. The number of rotatable bonds is 3. The number of aromatic amines is 1. The molecule has 3 aromatic rings. The quantitative estimate of drug-likeness (QED) is 0.393. The Morgan fingerprint density at radius 3 is 2.83 bits per heavy atom. The van der Waals surface area contributed by atoms with Crippen LogP contribution in [0, 0.1) is 11.3 Å². The van der Waals surface area contributed by atoms with Crippen molar-refractivity contribution in [2.45, 2.75) is 0 Å². The number of thiocarbonyl (C=S) groups is 1. The Kier molecular flexibility index (Phi) is 4.32. The predicted octanol–water partition coefficient (Wildman–Crippen LogP) is 3.36. The van der Waals surface area contributed by atoms with Crippen molar-refractivity contribution in [1.82, 2.24) is 10.4 Å². The first-order valence-corrected chi connectivity index (χ1v) is 7.33. The summed E-state index contributed by atoms with van der Waals surface area (Å²) >= 11 is 5.18. The largest absolute Gasteiger partial charge is 0.361 e. The molecule has 6 heteroatoms. The van der Waals surface area contributed by atoms with E-state index in [1.807, 2.05) is 48.7 Å². The fourth-order valence-electron chi connectivity index (χ4n) is 2.16. The zero-order valence-electron chi connectivity index (χ0n) is 12.1. The van der Waals surface area contributed by atoms with Gasteiger partial charge in [0.25, 0.3) is 0 Å². The molecular formula is C17H13N5S. The van der Waals surface area contributed by atoms with Crippen LogP contribution in [0.5, 0.6) is 0 Å². The number of hydrogen-bond acceptors (Lipinski definition) is 3. The van der Waals surface area contributed by atoms with Gasteiger partial charge in [-0.05, 0) is 42.5 Å². The van der Waals surface area contributed by atoms with Crippen molar-refractivity contribution >= 4 is 40.1 Å². The van der Waals surface area contributed by atoms with Gasteiger partial charge < -0.3 is 10.3 Å². The van der Waals surface area contributed by atoms with Crippen LogP contribution in [0.15, 0.2) is 59.8 Å². The van der Waals surface area contributed by atoms with Crippen molar-refractivity contribution in [2.24, 2.45) is 5.10 Å². The standard InChI is InChI=1S/C17H13N5S/c18-9-12-6-7-16-15(8-12)13(10-19-16)11-20-22-17(23)21-14-4-2-1-3-5-14/h1-8,10-11,19H,(H2,21,22,23)/b20-11+. The molecule has 0 unspecified atom stereocenters. The topological polar surface area (TPSA) is 76.0 Å². The van der Waals surface area contributed by atoms with E-state index in [1.165, 1.54) is 0 Å². The average Bonchev–Trinajstić information content (AvgIpc) is 2.98. The van der Waals surface area contributed by atoms with E-state index in [2.05, 4.69) is 26.9 Å². The third-order valence-electron chi connectivity index (χ3n) is 3.24. The molecule has 0 aliphatic heterocycles. The van der Waals surface area contributed by atoms with Crippen molar-refractivity contribution in [3.05, 3.63) is 65.9 Å². The molecular weight excluding hydrogens is 306 g/mol. The highest BCUT2D eigenvalue weighted by Gasteiger charge is 2.02. The highest BCUT2D eigenvalue weighted by atomic mass is 32.1. The minimum absolute atomic E-state index is 0.407. The summed E-state index contributed by atoms with van der Waals surface area (Å²) in [5, 5.41) is 17.5. The second kappa shape index (κ2) is 6.73. The maximum absolute atomic E-state index is 8.98. The molecule has 1 aromatic heterocycles. The van der Waals surface area contributed by atoms with Gasteiger partial charge in [-0.3, -0.25) is 5.43 Å². The van der Waals surface area contributed by atoms with Crippen LogP contribution in [0.25, 0.3) is 10.9 Å². The molecule has 5 nitrogen and oxygen atoms in total. The van der Waals surface area contributed by atoms with Crippen LogP contribution >= 0.6 is 12.2 Å². The number of nitriles is 1. The Bertz CT molecular complexity index is 906. The molecule has 0 fully saturated rings. The Hall–Kier alpha value is -3.17. The summed E-state index contributed by atoms with van der Waals surface area (Å²) in [7, 11) is 0. The molecule has 0 amide bonds. The van der Waals surface area contributed by atoms with Gasteiger partial charge in [0.2, 0.25) is 0 Å². The van der Waals surface area contributed by atoms with Gasteiger partial charge in [-0.15, -0.1) is 0 Å². The first-order chi connectivity index (χ1) is 11.3. The molecule has 112 valence electrons. The molecule has 0 radical (unpaired) electrons. The van der Waals surface area contributed by atoms with Crippen molar-refractivity contribution < 1.29 is 0 Å². The highest BCUT2D eigenvalue weighted by Crippen LogP contribution is 2.18. The zero-order valence-corrected chi connectivity index (χ0v) is 12.9. The third kappa shape index (κ3) is 3.54. The predicted molar refractivity (Wildman–Crippen MR) is 96.4 cm³/mol. The molecule has 0 atom stereocenters. The maximum Gasteiger partial charge on any atom is 0.191 e. The number of benzene rings is 2. The van der Waals surface area contributed by atoms with Gasteiger partial charge >= 0.3 is 0 Å². The summed E-state index contributed by atoms with van der Waals surface area (Å²) in [4.78, 5) is 3.14. The lowest BCUT2D eigenvalue weighted by Gasteiger charge is -2.05. The van der Waals surface area contributed by atoms with E-state index in [0.29, 0.717) is 10.7 Å². The minimum Gasteiger partial charge on any atom is -0.361 e. The van der Waals surface area contributed by atoms with Gasteiger partial charge in [-0.25, -0.2) is 0 Å². The molecule has 0 spiro atoms. The van der Waals surface area contributed by atoms with Crippen molar-refractivity contribution in [3.8, 4) is 6.07 Å². The van der Waals surface area contributed by atoms with Crippen molar-refractivity contribution in [1.29, 1.82) is 5.26 Å². The number of hydrazone groups is 1. The Morgan fingerprint density at radius 1 is 1.22 bits per heavy atom. The Balaban J connectivity index is 1.68. The van der Waals surface area contributed by atoms with E-state index < -0.39 is 0 Å². The number of nitrogens with zero attached hydrogens (tertiary/aromatic N) is 2. The van der Waals surface area contributed by atoms with Gasteiger partial charge in [-0.1, -0.05) is 18.2 Å². The molecule has 0 saturated carbocycles. The van der Waals surface area contributed by atoms with Crippen LogP contribution in [0.1, 0.15) is 11.1 Å². The van der Waals surface area contributed by atoms with Crippen molar-refractivity contribution in [3.63, 3.8) is 0 Å². The van der Waals surface area contributed by atoms with Gasteiger partial charge in [0.05, 0.1) is 17.8 Å². The van der Waals surface area contributed by atoms with Gasteiger partial charge in [-0.2, -0.15) is 10.4 Å². The summed E-state index contributed by atoms with van der Waals surface area (Å²) in [6.45, 7) is 0. The lowest BCUT2D eigenvalue weighted by molar-refractivity contribution is 1.05. The first-order valence-electron chi connectivity index (χ1n) is 6.92. The molecule has 23 heavy (non-hydrogen) atoms. The lowest BCUT2D eigenvalue weighted by Crippen LogP contribution is -2.23. The van der Waals surface area contributed by atoms with E-state index in [-0.39, 0.29) is 0 Å². The Morgan fingerprint density at radius 2 is 2.04 bits per heavy atom. The molecule has 0 bridgehead atoms. The van der Waals surface area contributed by atoms with Gasteiger partial charge in [0.15, 0.2) is 5.11 Å². The molecule has 1 heterocycles. The number of para-hydroxylation sites is 1. The molecule has 2 aromatic carbocycles.